The normalized spacial score (nSPS) is 10.8. The van der Waals surface area contributed by atoms with Crippen molar-refractivity contribution >= 4 is 32.6 Å². The largest absolute Gasteiger partial charge is 0.486 e. The molecular formula is C15H12BrNO2. The molecule has 1 aromatic heterocycles. The van der Waals surface area contributed by atoms with E-state index in [0.717, 1.165) is 27.0 Å². The van der Waals surface area contributed by atoms with Gasteiger partial charge in [-0.2, -0.15) is 0 Å². The summed E-state index contributed by atoms with van der Waals surface area (Å²) in [5, 5.41) is 1.03. The second-order valence-corrected chi connectivity index (χ2v) is 5.17. The molecule has 0 atom stereocenters. The monoisotopic (exact) mass is 317 g/mol. The summed E-state index contributed by atoms with van der Waals surface area (Å²) in [6, 6.07) is 15.3. The molecule has 3 nitrogen and oxygen atoms in total. The molecule has 3 aromatic rings. The van der Waals surface area contributed by atoms with Crippen LogP contribution in [-0.2, 0) is 6.61 Å². The van der Waals surface area contributed by atoms with E-state index in [1.807, 2.05) is 48.5 Å². The molecule has 96 valence electrons. The van der Waals surface area contributed by atoms with E-state index in [1.165, 1.54) is 0 Å². The van der Waals surface area contributed by atoms with Crippen molar-refractivity contribution in [3.63, 3.8) is 0 Å². The van der Waals surface area contributed by atoms with Gasteiger partial charge in [0.1, 0.15) is 23.7 Å². The third-order valence-corrected chi connectivity index (χ3v) is 3.32. The van der Waals surface area contributed by atoms with Gasteiger partial charge in [0.2, 0.25) is 0 Å². The molecule has 0 unspecified atom stereocenters. The van der Waals surface area contributed by atoms with Gasteiger partial charge in [-0.05, 0) is 42.5 Å². The van der Waals surface area contributed by atoms with E-state index in [2.05, 4.69) is 15.9 Å². The van der Waals surface area contributed by atoms with E-state index in [9.17, 15) is 0 Å². The highest BCUT2D eigenvalue weighted by atomic mass is 79.9. The summed E-state index contributed by atoms with van der Waals surface area (Å²) in [7, 11) is 0. The minimum Gasteiger partial charge on any atom is -0.486 e. The molecule has 0 bridgehead atoms. The van der Waals surface area contributed by atoms with E-state index >= 15 is 0 Å². The molecule has 0 saturated carbocycles. The van der Waals surface area contributed by atoms with Crippen LogP contribution >= 0.6 is 15.9 Å². The number of furan rings is 1. The highest BCUT2D eigenvalue weighted by Crippen LogP contribution is 2.23. The van der Waals surface area contributed by atoms with Crippen LogP contribution in [0.25, 0.3) is 11.0 Å². The maximum Gasteiger partial charge on any atom is 0.146 e. The van der Waals surface area contributed by atoms with E-state index in [1.54, 1.807) is 0 Å². The SMILES string of the molecule is Nc1ccc2cc(COc3ccc(Br)cc3)oc2c1. The molecule has 0 aliphatic carbocycles. The van der Waals surface area contributed by atoms with Gasteiger partial charge in [-0.15, -0.1) is 0 Å². The van der Waals surface area contributed by atoms with Crippen molar-refractivity contribution in [2.45, 2.75) is 6.61 Å². The number of nitrogen functional groups attached to an aromatic ring is 1. The number of fused-ring (bicyclic) bond motifs is 1. The Morgan fingerprint density at radius 1 is 1.05 bits per heavy atom. The van der Waals surface area contributed by atoms with Gasteiger partial charge in [0, 0.05) is 21.6 Å². The first-order chi connectivity index (χ1) is 9.20. The topological polar surface area (TPSA) is 48.4 Å². The predicted molar refractivity (Wildman–Crippen MR) is 79.1 cm³/mol. The van der Waals surface area contributed by atoms with Crippen LogP contribution in [0.2, 0.25) is 0 Å². The van der Waals surface area contributed by atoms with Crippen molar-refractivity contribution in [3.8, 4) is 5.75 Å². The molecule has 2 N–H and O–H groups in total. The van der Waals surface area contributed by atoms with Gasteiger partial charge in [0.15, 0.2) is 0 Å². The molecule has 1 heterocycles. The van der Waals surface area contributed by atoms with Crippen LogP contribution in [0.3, 0.4) is 0 Å². The lowest BCUT2D eigenvalue weighted by Gasteiger charge is -2.03. The lowest BCUT2D eigenvalue weighted by atomic mass is 10.2. The standard InChI is InChI=1S/C15H12BrNO2/c16-11-2-5-13(6-3-11)18-9-14-7-10-1-4-12(17)8-15(10)19-14/h1-8H,9,17H2. The molecule has 0 spiro atoms. The van der Waals surface area contributed by atoms with Gasteiger partial charge in [0.05, 0.1) is 0 Å². The summed E-state index contributed by atoms with van der Waals surface area (Å²) in [6.07, 6.45) is 0. The average Bonchev–Trinajstić information content (AvgIpc) is 2.80. The second kappa shape index (κ2) is 4.97. The number of ether oxygens (including phenoxy) is 1. The Labute approximate surface area is 119 Å². The first kappa shape index (κ1) is 12.1. The first-order valence-corrected chi connectivity index (χ1v) is 6.66. The molecule has 0 aliphatic heterocycles. The Morgan fingerprint density at radius 3 is 2.63 bits per heavy atom. The fraction of sp³-hybridized carbons (Fsp3) is 0.0667. The summed E-state index contributed by atoms with van der Waals surface area (Å²) in [5.41, 5.74) is 7.20. The van der Waals surface area contributed by atoms with Crippen molar-refractivity contribution in [2.24, 2.45) is 0 Å². The summed E-state index contributed by atoms with van der Waals surface area (Å²) in [5.74, 6) is 1.59. The second-order valence-electron chi connectivity index (χ2n) is 4.25. The van der Waals surface area contributed by atoms with Crippen molar-refractivity contribution < 1.29 is 9.15 Å². The Bertz CT molecular complexity index is 704. The molecule has 2 aromatic carbocycles. The van der Waals surface area contributed by atoms with Crippen LogP contribution in [0.15, 0.2) is 57.4 Å². The van der Waals surface area contributed by atoms with Crippen LogP contribution < -0.4 is 10.5 Å². The van der Waals surface area contributed by atoms with Crippen LogP contribution in [0.4, 0.5) is 5.69 Å². The molecule has 0 saturated heterocycles. The van der Waals surface area contributed by atoms with Crippen molar-refractivity contribution in [1.29, 1.82) is 0 Å². The zero-order valence-electron chi connectivity index (χ0n) is 10.1. The number of halogens is 1. The van der Waals surface area contributed by atoms with Gasteiger partial charge in [-0.3, -0.25) is 0 Å². The predicted octanol–water partition coefficient (Wildman–Crippen LogP) is 4.36. The zero-order valence-corrected chi connectivity index (χ0v) is 11.7. The lowest BCUT2D eigenvalue weighted by Crippen LogP contribution is -1.92. The number of nitrogens with two attached hydrogens (primary N) is 1. The summed E-state index contributed by atoms with van der Waals surface area (Å²) in [4.78, 5) is 0. The fourth-order valence-corrected chi connectivity index (χ4v) is 2.12. The minimum atomic E-state index is 0.399. The molecule has 0 amide bonds. The van der Waals surface area contributed by atoms with Gasteiger partial charge in [0.25, 0.3) is 0 Å². The number of rotatable bonds is 3. The quantitative estimate of drug-likeness (QED) is 0.730. The van der Waals surface area contributed by atoms with Crippen LogP contribution in [-0.4, -0.2) is 0 Å². The molecule has 19 heavy (non-hydrogen) atoms. The Hall–Kier alpha value is -1.94. The number of hydrogen-bond donors (Lipinski definition) is 1. The van der Waals surface area contributed by atoms with Gasteiger partial charge >= 0.3 is 0 Å². The van der Waals surface area contributed by atoms with E-state index in [0.29, 0.717) is 12.3 Å². The van der Waals surface area contributed by atoms with Gasteiger partial charge in [-0.1, -0.05) is 15.9 Å². The third-order valence-electron chi connectivity index (χ3n) is 2.79. The molecular weight excluding hydrogens is 306 g/mol. The summed E-state index contributed by atoms with van der Waals surface area (Å²) >= 11 is 3.39. The zero-order chi connectivity index (χ0) is 13.2. The van der Waals surface area contributed by atoms with Crippen LogP contribution in [0.1, 0.15) is 5.76 Å². The van der Waals surface area contributed by atoms with Crippen molar-refractivity contribution in [2.75, 3.05) is 5.73 Å². The van der Waals surface area contributed by atoms with Gasteiger partial charge in [-0.25, -0.2) is 0 Å². The molecule has 0 radical (unpaired) electrons. The van der Waals surface area contributed by atoms with Crippen LogP contribution in [0, 0.1) is 0 Å². The molecule has 0 aliphatic rings. The van der Waals surface area contributed by atoms with E-state index in [-0.39, 0.29) is 0 Å². The third kappa shape index (κ3) is 2.74. The summed E-state index contributed by atoms with van der Waals surface area (Å²) < 4.78 is 12.4. The van der Waals surface area contributed by atoms with Gasteiger partial charge < -0.3 is 14.9 Å². The van der Waals surface area contributed by atoms with Crippen LogP contribution in [0.5, 0.6) is 5.75 Å². The molecule has 0 fully saturated rings. The number of hydrogen-bond acceptors (Lipinski definition) is 3. The number of benzene rings is 2. The molecule has 3 rings (SSSR count). The van der Waals surface area contributed by atoms with E-state index < -0.39 is 0 Å². The summed E-state index contributed by atoms with van der Waals surface area (Å²) in [6.45, 7) is 0.399. The van der Waals surface area contributed by atoms with Crippen molar-refractivity contribution in [3.05, 3.63) is 58.8 Å². The molecule has 4 heteroatoms. The highest BCUT2D eigenvalue weighted by Gasteiger charge is 2.05. The Morgan fingerprint density at radius 2 is 1.84 bits per heavy atom. The Kier molecular flexibility index (Phi) is 3.17. The maximum atomic E-state index is 5.72. The first-order valence-electron chi connectivity index (χ1n) is 5.87. The van der Waals surface area contributed by atoms with E-state index in [4.69, 9.17) is 14.9 Å². The van der Waals surface area contributed by atoms with Crippen molar-refractivity contribution in [1.82, 2.24) is 0 Å². The average molecular weight is 318 g/mol. The maximum absolute atomic E-state index is 5.72. The highest BCUT2D eigenvalue weighted by molar-refractivity contribution is 9.10. The fourth-order valence-electron chi connectivity index (χ4n) is 1.86. The lowest BCUT2D eigenvalue weighted by molar-refractivity contribution is 0.274. The smallest absolute Gasteiger partial charge is 0.146 e. The Balaban J connectivity index is 1.76. The minimum absolute atomic E-state index is 0.399. The number of anilines is 1.